The lowest BCUT2D eigenvalue weighted by molar-refractivity contribution is -0.410. The molecular weight excluding hydrogens is 254 g/mol. The van der Waals surface area contributed by atoms with Crippen LogP contribution in [-0.4, -0.2) is 0 Å². The maximum Gasteiger partial charge on any atom is 2.00 e. The third-order valence-electron chi connectivity index (χ3n) is 0. The predicted molar refractivity (Wildman–Crippen MR) is 35.9 cm³/mol. The molecule has 0 aromatic heterocycles. The zero-order valence-corrected chi connectivity index (χ0v) is 8.81. The Morgan fingerprint density at radius 1 is 0.455 bits per heavy atom. The van der Waals surface area contributed by atoms with Gasteiger partial charge in [0.1, 0.15) is 0 Å². The second kappa shape index (κ2) is 22.6. The highest BCUT2D eigenvalue weighted by atomic mass is 32.1. The molecule has 0 unspecified atom stereocenters. The van der Waals surface area contributed by atoms with Crippen LogP contribution in [0, 0.1) is 0 Å². The van der Waals surface area contributed by atoms with Gasteiger partial charge < -0.3 is 46.6 Å². The molecule has 0 aliphatic rings. The van der Waals surface area contributed by atoms with E-state index < -0.39 is 17.2 Å². The van der Waals surface area contributed by atoms with Crippen LogP contribution in [0.15, 0.2) is 0 Å². The molecule has 11 heavy (non-hydrogen) atoms. The van der Waals surface area contributed by atoms with Crippen LogP contribution < -0.4 is 29.4 Å². The van der Waals surface area contributed by atoms with Crippen LogP contribution in [0.2, 0.25) is 0 Å². The van der Waals surface area contributed by atoms with Crippen molar-refractivity contribution in [1.82, 2.24) is 0 Å². The smallest absolute Gasteiger partial charge is 0.854 e. The summed E-state index contributed by atoms with van der Waals surface area (Å²) in [6.07, 6.45) is 0. The van der Waals surface area contributed by atoms with Gasteiger partial charge in [-0.05, 0) is 0 Å². The first kappa shape index (κ1) is 29.3. The number of hydrogen-bond acceptors (Lipinski definition) is 6. The summed E-state index contributed by atoms with van der Waals surface area (Å²) >= 11 is 0. The SMILES string of the molecule is [O-]P([O-])[O-].[O-]P([O-])[O-].[S+2].[S+2].[S+2]. The fourth-order valence-corrected chi connectivity index (χ4v) is 0. The average molecular weight is 254 g/mol. The molecule has 12 radical (unpaired) electrons. The largest absolute Gasteiger partial charge is 2.00 e. The molecule has 0 saturated carbocycles. The van der Waals surface area contributed by atoms with Crippen molar-refractivity contribution in [3.63, 3.8) is 0 Å². The Hall–Kier alpha value is 1.67. The Morgan fingerprint density at radius 2 is 0.455 bits per heavy atom. The Morgan fingerprint density at radius 3 is 0.455 bits per heavy atom. The van der Waals surface area contributed by atoms with Crippen LogP contribution in [-0.2, 0) is 40.5 Å². The van der Waals surface area contributed by atoms with E-state index in [1.165, 1.54) is 0 Å². The molecule has 0 aliphatic carbocycles. The molecule has 0 heterocycles. The first-order valence-corrected chi connectivity index (χ1v) is 3.29. The average Bonchev–Trinajstić information content (AvgIpc) is 1.25. The molecule has 0 fully saturated rings. The van der Waals surface area contributed by atoms with Gasteiger partial charge in [0.2, 0.25) is 0 Å². The zero-order chi connectivity index (χ0) is 7.15. The molecule has 0 aromatic carbocycles. The summed E-state index contributed by atoms with van der Waals surface area (Å²) in [6.45, 7) is 0. The standard InChI is InChI=1S/2O3P.3S/c2*1-4(2)3;;;/q2*-3;3*+2. The third kappa shape index (κ3) is 391. The molecule has 0 spiro atoms. The van der Waals surface area contributed by atoms with E-state index in [0.29, 0.717) is 0 Å². The zero-order valence-electron chi connectivity index (χ0n) is 4.57. The van der Waals surface area contributed by atoms with Crippen LogP contribution in [0.1, 0.15) is 0 Å². The van der Waals surface area contributed by atoms with Gasteiger partial charge in [0.15, 0.2) is 0 Å². The minimum absolute atomic E-state index is 0. The summed E-state index contributed by atoms with van der Waals surface area (Å²) in [4.78, 5) is 50.9. The van der Waals surface area contributed by atoms with Crippen molar-refractivity contribution >= 4 is 57.7 Å². The van der Waals surface area contributed by atoms with Gasteiger partial charge in [-0.15, -0.1) is 0 Å². The van der Waals surface area contributed by atoms with Crippen LogP contribution >= 0.6 is 17.2 Å². The van der Waals surface area contributed by atoms with E-state index in [2.05, 4.69) is 0 Å². The topological polar surface area (TPSA) is 138 Å². The summed E-state index contributed by atoms with van der Waals surface area (Å²) in [5.74, 6) is 0. The van der Waals surface area contributed by atoms with Crippen molar-refractivity contribution < 1.29 is 29.4 Å². The molecule has 0 rings (SSSR count). The van der Waals surface area contributed by atoms with Gasteiger partial charge >= 0.3 is 40.5 Å². The summed E-state index contributed by atoms with van der Waals surface area (Å²) in [7, 11) is -6.74. The monoisotopic (exact) mass is 254 g/mol. The quantitative estimate of drug-likeness (QED) is 0.395. The molecule has 0 aromatic rings. The van der Waals surface area contributed by atoms with Crippen molar-refractivity contribution in [2.45, 2.75) is 0 Å². The summed E-state index contributed by atoms with van der Waals surface area (Å²) in [6, 6.07) is 0. The van der Waals surface area contributed by atoms with Gasteiger partial charge in [0.05, 0.1) is 0 Å². The van der Waals surface area contributed by atoms with E-state index in [4.69, 9.17) is 29.4 Å². The first-order valence-electron chi connectivity index (χ1n) is 1.10. The van der Waals surface area contributed by atoms with E-state index >= 15 is 0 Å². The van der Waals surface area contributed by atoms with Crippen LogP contribution in [0.4, 0.5) is 0 Å². The lowest BCUT2D eigenvalue weighted by atomic mass is 15.8. The Balaban J connectivity index is -0.0000000171. The van der Waals surface area contributed by atoms with Gasteiger partial charge in [-0.2, -0.15) is 0 Å². The molecule has 6 nitrogen and oxygen atoms in total. The van der Waals surface area contributed by atoms with Crippen molar-refractivity contribution in [3.05, 3.63) is 0 Å². The van der Waals surface area contributed by atoms with Gasteiger partial charge in [0.25, 0.3) is 0 Å². The highest BCUT2D eigenvalue weighted by Crippen LogP contribution is 1.85. The van der Waals surface area contributed by atoms with Crippen molar-refractivity contribution in [3.8, 4) is 0 Å². The van der Waals surface area contributed by atoms with Crippen LogP contribution in [0.25, 0.3) is 0 Å². The highest BCUT2D eigenvalue weighted by molar-refractivity contribution is 7.37. The van der Waals surface area contributed by atoms with E-state index in [1.807, 2.05) is 0 Å². The van der Waals surface area contributed by atoms with Crippen molar-refractivity contribution in [2.75, 3.05) is 0 Å². The molecule has 0 amide bonds. The summed E-state index contributed by atoms with van der Waals surface area (Å²) < 4.78 is 0. The number of rotatable bonds is 0. The lowest BCUT2D eigenvalue weighted by Gasteiger charge is -2.39. The normalized spacial score (nSPS) is 6.55. The first-order chi connectivity index (χ1) is 3.46. The van der Waals surface area contributed by atoms with Gasteiger partial charge in [-0.1, -0.05) is 0 Å². The molecule has 0 N–H and O–H groups in total. The molecule has 11 heteroatoms. The number of hydrogen-bond donors (Lipinski definition) is 0. The molecule has 64 valence electrons. The van der Waals surface area contributed by atoms with E-state index in [0.717, 1.165) is 0 Å². The molecule has 0 bridgehead atoms. The minimum atomic E-state index is -3.37. The molecular formula is O6P2S3. The second-order valence-corrected chi connectivity index (χ2v) is 1.34. The summed E-state index contributed by atoms with van der Waals surface area (Å²) in [5.41, 5.74) is 0. The lowest BCUT2D eigenvalue weighted by Crippen LogP contribution is -2.18. The van der Waals surface area contributed by atoms with Crippen LogP contribution in [0.3, 0.4) is 0 Å². The van der Waals surface area contributed by atoms with Crippen molar-refractivity contribution in [1.29, 1.82) is 0 Å². The molecule has 0 atom stereocenters. The van der Waals surface area contributed by atoms with E-state index in [9.17, 15) is 0 Å². The maximum absolute atomic E-state index is 8.48. The van der Waals surface area contributed by atoms with Gasteiger partial charge in [-0.25, -0.2) is 0 Å². The van der Waals surface area contributed by atoms with E-state index in [1.54, 1.807) is 0 Å². The third-order valence-corrected chi connectivity index (χ3v) is 0. The van der Waals surface area contributed by atoms with Crippen LogP contribution in [0.5, 0.6) is 0 Å². The van der Waals surface area contributed by atoms with E-state index in [-0.39, 0.29) is 40.5 Å². The Labute approximate surface area is 87.2 Å². The predicted octanol–water partition coefficient (Wildman–Crippen LogP) is -5.42. The fraction of sp³-hybridized carbons (Fsp3) is 0. The second-order valence-electron chi connectivity index (χ2n) is 0.447. The highest BCUT2D eigenvalue weighted by Gasteiger charge is 2.00. The molecule has 0 saturated heterocycles. The molecule has 0 aliphatic heterocycles. The Bertz CT molecular complexity index is 31.3. The van der Waals surface area contributed by atoms with Crippen molar-refractivity contribution in [2.24, 2.45) is 0 Å². The Kier molecular flexibility index (Phi) is 60.2. The van der Waals surface area contributed by atoms with Gasteiger partial charge in [-0.3, -0.25) is 0 Å². The fourth-order valence-electron chi connectivity index (χ4n) is 0. The maximum atomic E-state index is 8.48. The minimum Gasteiger partial charge on any atom is -0.854 e. The summed E-state index contributed by atoms with van der Waals surface area (Å²) in [5, 5.41) is 0. The van der Waals surface area contributed by atoms with Gasteiger partial charge in [0, 0.05) is 0 Å².